The number of rotatable bonds is 1. The minimum absolute atomic E-state index is 0.250. The summed E-state index contributed by atoms with van der Waals surface area (Å²) in [6.45, 7) is 6.80. The van der Waals surface area contributed by atoms with E-state index in [9.17, 15) is 0 Å². The van der Waals surface area contributed by atoms with Crippen molar-refractivity contribution in [2.24, 2.45) is 0 Å². The molecular formula is C6H4ClN3. The Kier molecular flexibility index (Phi) is 2.19. The van der Waals surface area contributed by atoms with Crippen molar-refractivity contribution in [3.05, 3.63) is 34.7 Å². The number of hydrogen-bond donors (Lipinski definition) is 0. The fourth-order valence-corrected chi connectivity index (χ4v) is 0.687. The van der Waals surface area contributed by atoms with Crippen LogP contribution in [0.15, 0.2) is 12.5 Å². The fraction of sp³-hybridized carbons (Fsp3) is 0.167. The van der Waals surface area contributed by atoms with Crippen molar-refractivity contribution in [1.82, 2.24) is 9.97 Å². The van der Waals surface area contributed by atoms with Gasteiger partial charge >= 0.3 is 0 Å². The van der Waals surface area contributed by atoms with Crippen LogP contribution in [0.4, 0.5) is 0 Å². The average molecular weight is 154 g/mol. The Hall–Kier alpha value is -1.14. The van der Waals surface area contributed by atoms with Crippen LogP contribution in [-0.2, 0) is 6.54 Å². The van der Waals surface area contributed by atoms with Gasteiger partial charge in [-0.2, -0.15) is 0 Å². The second-order valence-corrected chi connectivity index (χ2v) is 2.01. The lowest BCUT2D eigenvalue weighted by molar-refractivity contribution is 1.09. The second-order valence-electron chi connectivity index (χ2n) is 1.66. The van der Waals surface area contributed by atoms with Crippen LogP contribution < -0.4 is 0 Å². The third kappa shape index (κ3) is 1.42. The van der Waals surface area contributed by atoms with Crippen LogP contribution in [0.1, 0.15) is 5.56 Å². The highest BCUT2D eigenvalue weighted by atomic mass is 35.5. The Morgan fingerprint density at radius 1 is 1.70 bits per heavy atom. The Bertz CT molecular complexity index is 266. The standard InChI is InChI=1S/C6H4ClN3/c1-8-2-5-3-9-4-10-6(5)7/h3-4H,2H2. The Morgan fingerprint density at radius 2 is 2.50 bits per heavy atom. The third-order valence-electron chi connectivity index (χ3n) is 0.982. The lowest BCUT2D eigenvalue weighted by Gasteiger charge is -1.90. The van der Waals surface area contributed by atoms with Gasteiger partial charge < -0.3 is 4.85 Å². The molecule has 0 aliphatic carbocycles. The molecule has 10 heavy (non-hydrogen) atoms. The molecule has 1 aromatic rings. The molecule has 0 atom stereocenters. The first-order chi connectivity index (χ1) is 4.84. The quantitative estimate of drug-likeness (QED) is 0.453. The van der Waals surface area contributed by atoms with Gasteiger partial charge in [-0.15, -0.1) is 0 Å². The summed E-state index contributed by atoms with van der Waals surface area (Å²) in [4.78, 5) is 10.6. The van der Waals surface area contributed by atoms with Gasteiger partial charge in [-0.1, -0.05) is 11.6 Å². The van der Waals surface area contributed by atoms with Crippen LogP contribution in [0.2, 0.25) is 5.15 Å². The highest BCUT2D eigenvalue weighted by Gasteiger charge is 2.01. The normalized spacial score (nSPS) is 8.80. The molecule has 0 spiro atoms. The van der Waals surface area contributed by atoms with Gasteiger partial charge in [0.15, 0.2) is 0 Å². The number of hydrogen-bond acceptors (Lipinski definition) is 2. The van der Waals surface area contributed by atoms with E-state index in [4.69, 9.17) is 18.2 Å². The van der Waals surface area contributed by atoms with E-state index in [1.54, 1.807) is 6.20 Å². The minimum atomic E-state index is 0.250. The van der Waals surface area contributed by atoms with Crippen LogP contribution in [0, 0.1) is 6.57 Å². The first-order valence-electron chi connectivity index (χ1n) is 2.62. The van der Waals surface area contributed by atoms with Gasteiger partial charge in [-0.3, -0.25) is 0 Å². The maximum atomic E-state index is 6.55. The summed E-state index contributed by atoms with van der Waals surface area (Å²) >= 11 is 5.61. The SMILES string of the molecule is [C-]#[N+]Cc1cncnc1Cl. The van der Waals surface area contributed by atoms with Gasteiger partial charge in [0, 0.05) is 6.20 Å². The molecule has 0 bridgehead atoms. The van der Waals surface area contributed by atoms with Crippen LogP contribution in [0.25, 0.3) is 4.85 Å². The van der Waals surface area contributed by atoms with Crippen molar-refractivity contribution >= 4 is 11.6 Å². The molecule has 1 aromatic heterocycles. The Balaban J connectivity index is 2.94. The predicted molar refractivity (Wildman–Crippen MR) is 37.3 cm³/mol. The molecule has 0 saturated heterocycles. The van der Waals surface area contributed by atoms with Crippen molar-refractivity contribution in [1.29, 1.82) is 0 Å². The molecular weight excluding hydrogens is 150 g/mol. The second kappa shape index (κ2) is 3.14. The molecule has 4 heteroatoms. The smallest absolute Gasteiger partial charge is 0.244 e. The van der Waals surface area contributed by atoms with Gasteiger partial charge in [0.1, 0.15) is 11.5 Å². The van der Waals surface area contributed by atoms with Gasteiger partial charge in [0.2, 0.25) is 6.54 Å². The molecule has 0 aliphatic rings. The lowest BCUT2D eigenvalue weighted by atomic mass is 10.3. The predicted octanol–water partition coefficient (Wildman–Crippen LogP) is 1.55. The molecule has 0 saturated carbocycles. The zero-order chi connectivity index (χ0) is 7.40. The van der Waals surface area contributed by atoms with Crippen molar-refractivity contribution < 1.29 is 0 Å². The Morgan fingerprint density at radius 3 is 3.10 bits per heavy atom. The molecule has 0 aromatic carbocycles. The summed E-state index contributed by atoms with van der Waals surface area (Å²) < 4.78 is 0. The van der Waals surface area contributed by atoms with E-state index in [0.29, 0.717) is 10.7 Å². The van der Waals surface area contributed by atoms with E-state index < -0.39 is 0 Å². The lowest BCUT2D eigenvalue weighted by Crippen LogP contribution is -1.86. The Labute approximate surface area is 63.5 Å². The van der Waals surface area contributed by atoms with Gasteiger partial charge in [-0.25, -0.2) is 16.5 Å². The van der Waals surface area contributed by atoms with Crippen LogP contribution in [0.5, 0.6) is 0 Å². The van der Waals surface area contributed by atoms with E-state index >= 15 is 0 Å². The van der Waals surface area contributed by atoms with E-state index in [-0.39, 0.29) is 6.54 Å². The number of aromatic nitrogens is 2. The molecule has 0 radical (unpaired) electrons. The fourth-order valence-electron chi connectivity index (χ4n) is 0.535. The monoisotopic (exact) mass is 153 g/mol. The average Bonchev–Trinajstić information content (AvgIpc) is 1.94. The van der Waals surface area contributed by atoms with E-state index in [1.165, 1.54) is 6.33 Å². The summed E-state index contributed by atoms with van der Waals surface area (Å²) in [7, 11) is 0. The molecule has 0 unspecified atom stereocenters. The third-order valence-corrected chi connectivity index (χ3v) is 1.32. The number of nitrogens with zero attached hydrogens (tertiary/aromatic N) is 3. The molecule has 0 fully saturated rings. The van der Waals surface area contributed by atoms with Crippen LogP contribution >= 0.6 is 11.6 Å². The van der Waals surface area contributed by atoms with Gasteiger partial charge in [0.05, 0.1) is 5.56 Å². The van der Waals surface area contributed by atoms with E-state index in [2.05, 4.69) is 14.8 Å². The highest BCUT2D eigenvalue weighted by molar-refractivity contribution is 6.30. The first-order valence-corrected chi connectivity index (χ1v) is 3.00. The van der Waals surface area contributed by atoms with Crippen LogP contribution in [0.3, 0.4) is 0 Å². The van der Waals surface area contributed by atoms with Crippen molar-refractivity contribution in [2.75, 3.05) is 0 Å². The molecule has 50 valence electrons. The molecule has 0 aliphatic heterocycles. The summed E-state index contributed by atoms with van der Waals surface area (Å²) in [5.41, 5.74) is 0.680. The van der Waals surface area contributed by atoms with Gasteiger partial charge in [-0.05, 0) is 0 Å². The molecule has 0 N–H and O–H groups in total. The highest BCUT2D eigenvalue weighted by Crippen LogP contribution is 2.10. The largest absolute Gasteiger partial charge is 0.312 e. The molecule has 0 amide bonds. The number of halogens is 1. The molecule has 3 nitrogen and oxygen atoms in total. The first kappa shape index (κ1) is 6.97. The topological polar surface area (TPSA) is 30.1 Å². The van der Waals surface area contributed by atoms with Gasteiger partial charge in [0.25, 0.3) is 0 Å². The zero-order valence-electron chi connectivity index (χ0n) is 5.08. The summed E-state index contributed by atoms with van der Waals surface area (Å²) in [5, 5.41) is 0.367. The van der Waals surface area contributed by atoms with Crippen molar-refractivity contribution in [3.8, 4) is 0 Å². The minimum Gasteiger partial charge on any atom is -0.312 e. The van der Waals surface area contributed by atoms with E-state index in [1.807, 2.05) is 0 Å². The van der Waals surface area contributed by atoms with Crippen molar-refractivity contribution in [3.63, 3.8) is 0 Å². The summed E-state index contributed by atoms with van der Waals surface area (Å²) in [6.07, 6.45) is 2.91. The maximum absolute atomic E-state index is 6.55. The zero-order valence-corrected chi connectivity index (χ0v) is 5.84. The van der Waals surface area contributed by atoms with Crippen LogP contribution in [-0.4, -0.2) is 9.97 Å². The molecule has 1 rings (SSSR count). The maximum Gasteiger partial charge on any atom is 0.244 e. The molecule has 1 heterocycles. The van der Waals surface area contributed by atoms with Crippen molar-refractivity contribution in [2.45, 2.75) is 6.54 Å². The van der Waals surface area contributed by atoms with E-state index in [0.717, 1.165) is 0 Å². The summed E-state index contributed by atoms with van der Waals surface area (Å²) in [6, 6.07) is 0. The summed E-state index contributed by atoms with van der Waals surface area (Å²) in [5.74, 6) is 0.